The van der Waals surface area contributed by atoms with Gasteiger partial charge in [-0.2, -0.15) is 0 Å². The molecule has 0 radical (unpaired) electrons. The number of amides is 1. The van der Waals surface area contributed by atoms with Crippen LogP contribution >= 0.6 is 0 Å². The van der Waals surface area contributed by atoms with Gasteiger partial charge in [0.1, 0.15) is 6.04 Å². The first-order valence-corrected chi connectivity index (χ1v) is 5.63. The lowest BCUT2D eigenvalue weighted by Gasteiger charge is -2.14. The zero-order valence-electron chi connectivity index (χ0n) is 9.73. The van der Waals surface area contributed by atoms with E-state index >= 15 is 0 Å². The van der Waals surface area contributed by atoms with Gasteiger partial charge in [0, 0.05) is 6.42 Å². The Balaban J connectivity index is 0.00000256. The summed E-state index contributed by atoms with van der Waals surface area (Å²) in [4.78, 5) is 22.5. The van der Waals surface area contributed by atoms with Gasteiger partial charge in [0.15, 0.2) is 0 Å². The second kappa shape index (κ2) is 7.27. The van der Waals surface area contributed by atoms with Gasteiger partial charge in [-0.25, -0.2) is 4.79 Å². The minimum Gasteiger partial charge on any atom is -0.464 e. The highest BCUT2D eigenvalue weighted by Gasteiger charge is 2.28. The van der Waals surface area contributed by atoms with Crippen molar-refractivity contribution in [2.45, 2.75) is 52.7 Å². The quantitative estimate of drug-likeness (QED) is 0.704. The average molecular weight is 245 g/mol. The predicted octanol–water partition coefficient (Wildman–Crippen LogP) is 0.851. The summed E-state index contributed by atoms with van der Waals surface area (Å²) in [7, 11) is 0. The highest BCUT2D eigenvalue weighted by Crippen LogP contribution is 2.09. The first-order chi connectivity index (χ1) is 7.49. The van der Waals surface area contributed by atoms with Crippen LogP contribution in [-0.2, 0) is 14.3 Å². The van der Waals surface area contributed by atoms with Crippen molar-refractivity contribution in [2.24, 2.45) is 5.92 Å². The number of carbonyl (C=O) groups excluding carboxylic acids is 2. The third-order valence-corrected chi connectivity index (χ3v) is 2.44. The molecule has 100 valence electrons. The van der Waals surface area contributed by atoms with Crippen LogP contribution in [0.25, 0.3) is 0 Å². The summed E-state index contributed by atoms with van der Waals surface area (Å²) in [5.41, 5.74) is 0. The number of esters is 1. The van der Waals surface area contributed by atoms with Crippen molar-refractivity contribution in [3.05, 3.63) is 0 Å². The summed E-state index contributed by atoms with van der Waals surface area (Å²) >= 11 is 0. The lowest BCUT2D eigenvalue weighted by atomic mass is 10.0. The Labute approximate surface area is 103 Å². The van der Waals surface area contributed by atoms with E-state index < -0.39 is 12.1 Å². The molecule has 17 heavy (non-hydrogen) atoms. The number of aliphatic hydroxyl groups is 1. The normalized spacial score (nSPS) is 20.7. The molecule has 1 heterocycles. The molecule has 1 saturated heterocycles. The Morgan fingerprint density at radius 1 is 1.59 bits per heavy atom. The van der Waals surface area contributed by atoms with Crippen molar-refractivity contribution in [1.82, 2.24) is 5.32 Å². The smallest absolute Gasteiger partial charge is 0.328 e. The number of ether oxygens (including phenoxy) is 1. The fourth-order valence-electron chi connectivity index (χ4n) is 1.72. The van der Waals surface area contributed by atoms with Crippen LogP contribution in [0.5, 0.6) is 0 Å². The van der Waals surface area contributed by atoms with Crippen LogP contribution in [0.3, 0.4) is 0 Å². The molecule has 2 unspecified atom stereocenters. The van der Waals surface area contributed by atoms with Crippen molar-refractivity contribution >= 4 is 11.9 Å². The second-order valence-electron chi connectivity index (χ2n) is 4.56. The van der Waals surface area contributed by atoms with E-state index in [0.717, 1.165) is 0 Å². The number of carbonyl (C=O) groups is 2. The molecule has 0 spiro atoms. The molecule has 0 saturated carbocycles. The number of rotatable bonds is 5. The fourth-order valence-corrected chi connectivity index (χ4v) is 1.72. The monoisotopic (exact) mass is 245 g/mol. The minimum absolute atomic E-state index is 0. The van der Waals surface area contributed by atoms with Crippen LogP contribution in [0.4, 0.5) is 0 Å². The molecule has 0 aromatic rings. The Kier molecular flexibility index (Phi) is 6.80. The molecular weight excluding hydrogens is 222 g/mol. The topological polar surface area (TPSA) is 75.6 Å². The van der Waals surface area contributed by atoms with Gasteiger partial charge in [-0.15, -0.1) is 0 Å². The Hall–Kier alpha value is -1.10. The van der Waals surface area contributed by atoms with Crippen molar-refractivity contribution in [3.8, 4) is 0 Å². The number of cyclic esters (lactones) is 1. The molecule has 2 N–H and O–H groups in total. The highest BCUT2D eigenvalue weighted by molar-refractivity contribution is 5.85. The van der Waals surface area contributed by atoms with E-state index in [4.69, 9.17) is 4.74 Å². The van der Waals surface area contributed by atoms with Crippen molar-refractivity contribution in [3.63, 3.8) is 0 Å². The molecule has 1 amide bonds. The van der Waals surface area contributed by atoms with Gasteiger partial charge < -0.3 is 15.2 Å². The minimum atomic E-state index is -0.641. The molecule has 0 bridgehead atoms. The lowest BCUT2D eigenvalue weighted by molar-refractivity contribution is -0.141. The zero-order chi connectivity index (χ0) is 12.1. The van der Waals surface area contributed by atoms with Crippen molar-refractivity contribution in [1.29, 1.82) is 0 Å². The van der Waals surface area contributed by atoms with Gasteiger partial charge in [0.25, 0.3) is 0 Å². The maximum atomic E-state index is 11.5. The van der Waals surface area contributed by atoms with Crippen LogP contribution in [0.1, 0.15) is 40.5 Å². The number of hydrogen-bond acceptors (Lipinski definition) is 4. The molecule has 0 aliphatic carbocycles. The van der Waals surface area contributed by atoms with Gasteiger partial charge in [-0.1, -0.05) is 21.3 Å². The Bertz CT molecular complexity index is 265. The summed E-state index contributed by atoms with van der Waals surface area (Å²) in [5.74, 6) is -0.331. The van der Waals surface area contributed by atoms with Crippen LogP contribution in [0.2, 0.25) is 0 Å². The summed E-state index contributed by atoms with van der Waals surface area (Å²) in [6, 6.07) is -0.529. The van der Waals surface area contributed by atoms with Crippen LogP contribution in [0, 0.1) is 5.92 Å². The number of nitrogens with one attached hydrogen (secondary N) is 1. The molecule has 1 aliphatic rings. The van der Waals surface area contributed by atoms with Gasteiger partial charge in [0.2, 0.25) is 5.91 Å². The largest absolute Gasteiger partial charge is 0.464 e. The average Bonchev–Trinajstić information content (AvgIpc) is 2.49. The zero-order valence-corrected chi connectivity index (χ0v) is 9.73. The standard InChI is InChI=1S/C11H19NO4.CH4/c1-7(2)5-8(13)6-10(14)12-9-3-4-16-11(9)15;/h7-9,13H,3-6H2,1-2H3,(H,12,14);1H4. The first kappa shape index (κ1) is 15.9. The predicted molar refractivity (Wildman–Crippen MR) is 64.3 cm³/mol. The van der Waals surface area contributed by atoms with Crippen LogP contribution in [-0.4, -0.2) is 35.7 Å². The van der Waals surface area contributed by atoms with Gasteiger partial charge in [-0.3, -0.25) is 4.79 Å². The lowest BCUT2D eigenvalue weighted by Crippen LogP contribution is -2.39. The first-order valence-electron chi connectivity index (χ1n) is 5.63. The maximum absolute atomic E-state index is 11.5. The number of aliphatic hydroxyl groups excluding tert-OH is 1. The van der Waals surface area contributed by atoms with Gasteiger partial charge in [-0.05, 0) is 12.3 Å². The molecular formula is C12H23NO4. The SMILES string of the molecule is C.CC(C)CC(O)CC(=O)NC1CCOC1=O. The Morgan fingerprint density at radius 2 is 2.24 bits per heavy atom. The summed E-state index contributed by atoms with van der Waals surface area (Å²) in [5, 5.41) is 12.1. The Morgan fingerprint density at radius 3 is 2.71 bits per heavy atom. The molecule has 1 aliphatic heterocycles. The molecule has 5 heteroatoms. The summed E-state index contributed by atoms with van der Waals surface area (Å²) < 4.78 is 4.72. The van der Waals surface area contributed by atoms with E-state index in [-0.39, 0.29) is 25.7 Å². The van der Waals surface area contributed by atoms with E-state index in [1.54, 1.807) is 0 Å². The van der Waals surface area contributed by atoms with Crippen LogP contribution < -0.4 is 5.32 Å². The summed E-state index contributed by atoms with van der Waals surface area (Å²) in [6.45, 7) is 4.32. The van der Waals surface area contributed by atoms with E-state index in [9.17, 15) is 14.7 Å². The highest BCUT2D eigenvalue weighted by atomic mass is 16.5. The second-order valence-corrected chi connectivity index (χ2v) is 4.56. The van der Waals surface area contributed by atoms with Crippen LogP contribution in [0.15, 0.2) is 0 Å². The molecule has 2 atom stereocenters. The molecule has 1 fully saturated rings. The fraction of sp³-hybridized carbons (Fsp3) is 0.833. The van der Waals surface area contributed by atoms with E-state index in [0.29, 0.717) is 25.4 Å². The number of hydrogen-bond donors (Lipinski definition) is 2. The van der Waals surface area contributed by atoms with Crippen molar-refractivity contribution in [2.75, 3.05) is 6.61 Å². The van der Waals surface area contributed by atoms with E-state index in [2.05, 4.69) is 5.32 Å². The third kappa shape index (κ3) is 5.68. The summed E-state index contributed by atoms with van der Waals surface area (Å²) in [6.07, 6.45) is 0.507. The molecule has 0 aromatic carbocycles. The third-order valence-electron chi connectivity index (χ3n) is 2.44. The molecule has 1 rings (SSSR count). The molecule has 5 nitrogen and oxygen atoms in total. The molecule has 0 aromatic heterocycles. The van der Waals surface area contributed by atoms with E-state index in [1.165, 1.54) is 0 Å². The van der Waals surface area contributed by atoms with Gasteiger partial charge >= 0.3 is 5.97 Å². The van der Waals surface area contributed by atoms with E-state index in [1.807, 2.05) is 13.8 Å². The maximum Gasteiger partial charge on any atom is 0.328 e. The van der Waals surface area contributed by atoms with Crippen molar-refractivity contribution < 1.29 is 19.4 Å². The van der Waals surface area contributed by atoms with Gasteiger partial charge in [0.05, 0.1) is 19.1 Å².